The third-order valence-electron chi connectivity index (χ3n) is 5.55. The number of rotatable bonds is 4. The lowest BCUT2D eigenvalue weighted by Crippen LogP contribution is -2.43. The molecule has 3 aromatic rings. The summed E-state index contributed by atoms with van der Waals surface area (Å²) in [7, 11) is 0. The van der Waals surface area contributed by atoms with Gasteiger partial charge in [-0.05, 0) is 41.0 Å². The van der Waals surface area contributed by atoms with Crippen molar-refractivity contribution >= 4 is 17.9 Å². The number of aliphatic hydroxyl groups is 1. The Balaban J connectivity index is 1.38. The second kappa shape index (κ2) is 7.28. The number of ether oxygens (including phenoxy) is 1. The number of aliphatic hydroxyl groups excluding tert-OH is 1. The lowest BCUT2D eigenvalue weighted by atomic mass is 9.90. The van der Waals surface area contributed by atoms with Crippen LogP contribution in [0.1, 0.15) is 43.5 Å². The Morgan fingerprint density at radius 2 is 1.53 bits per heavy atom. The van der Waals surface area contributed by atoms with Crippen molar-refractivity contribution in [2.45, 2.75) is 18.8 Å². The van der Waals surface area contributed by atoms with Crippen LogP contribution in [0.2, 0.25) is 0 Å². The van der Waals surface area contributed by atoms with Gasteiger partial charge >= 0.3 is 0 Å². The van der Waals surface area contributed by atoms with Crippen LogP contribution in [0.5, 0.6) is 5.75 Å². The molecule has 1 aliphatic carbocycles. The highest BCUT2D eigenvalue weighted by atomic mass is 16.5. The van der Waals surface area contributed by atoms with E-state index < -0.39 is 12.1 Å². The first-order chi connectivity index (χ1) is 14.6. The van der Waals surface area contributed by atoms with E-state index in [0.717, 1.165) is 16.0 Å². The van der Waals surface area contributed by atoms with Gasteiger partial charge < -0.3 is 9.84 Å². The molecule has 0 fully saturated rings. The highest BCUT2D eigenvalue weighted by Gasteiger charge is 2.42. The Morgan fingerprint density at radius 1 is 0.867 bits per heavy atom. The van der Waals surface area contributed by atoms with Crippen molar-refractivity contribution < 1.29 is 19.4 Å². The Hall–Kier alpha value is -3.70. The summed E-state index contributed by atoms with van der Waals surface area (Å²) in [5.41, 5.74) is 3.28. The molecule has 0 bridgehead atoms. The van der Waals surface area contributed by atoms with Gasteiger partial charge in [-0.1, -0.05) is 60.7 Å². The van der Waals surface area contributed by atoms with Crippen molar-refractivity contribution in [3.8, 4) is 5.75 Å². The summed E-state index contributed by atoms with van der Waals surface area (Å²) in [6.07, 6.45) is 2.52. The van der Waals surface area contributed by atoms with Crippen LogP contribution >= 0.6 is 0 Å². The van der Waals surface area contributed by atoms with E-state index in [1.54, 1.807) is 42.5 Å². The van der Waals surface area contributed by atoms with Crippen LogP contribution in [0.25, 0.3) is 6.08 Å². The average molecular weight is 397 g/mol. The highest BCUT2D eigenvalue weighted by molar-refractivity contribution is 6.21. The second-order valence-electron chi connectivity index (χ2n) is 7.39. The van der Waals surface area contributed by atoms with Gasteiger partial charge in [-0.15, -0.1) is 0 Å². The van der Waals surface area contributed by atoms with Crippen LogP contribution in [-0.4, -0.2) is 27.9 Å². The third kappa shape index (κ3) is 3.00. The molecular weight excluding hydrogens is 378 g/mol. The van der Waals surface area contributed by atoms with E-state index >= 15 is 0 Å². The smallest absolute Gasteiger partial charge is 0.262 e. The zero-order valence-electron chi connectivity index (χ0n) is 16.1. The van der Waals surface area contributed by atoms with E-state index in [1.165, 1.54) is 0 Å². The largest absolute Gasteiger partial charge is 0.489 e. The van der Waals surface area contributed by atoms with E-state index in [-0.39, 0.29) is 11.8 Å². The second-order valence-corrected chi connectivity index (χ2v) is 7.39. The Bertz CT molecular complexity index is 1130. The molecule has 5 rings (SSSR count). The zero-order chi connectivity index (χ0) is 20.7. The zero-order valence-corrected chi connectivity index (χ0v) is 16.1. The SMILES string of the molecule is O=C1c2ccccc2C(=O)N1[C@H]1C=Cc2cc(OCc3ccccc3)ccc2[C@H]1O. The van der Waals surface area contributed by atoms with Gasteiger partial charge in [0.15, 0.2) is 0 Å². The summed E-state index contributed by atoms with van der Waals surface area (Å²) >= 11 is 0. The normalized spacial score (nSPS) is 19.6. The monoisotopic (exact) mass is 397 g/mol. The molecule has 1 N–H and O–H groups in total. The van der Waals surface area contributed by atoms with Crippen LogP contribution in [0.3, 0.4) is 0 Å². The number of amides is 2. The summed E-state index contributed by atoms with van der Waals surface area (Å²) in [5.74, 6) is -0.0697. The third-order valence-corrected chi connectivity index (χ3v) is 5.55. The highest BCUT2D eigenvalue weighted by Crippen LogP contribution is 2.36. The molecule has 3 aromatic carbocycles. The Morgan fingerprint density at radius 3 is 2.23 bits per heavy atom. The number of fused-ring (bicyclic) bond motifs is 2. The van der Waals surface area contributed by atoms with Gasteiger partial charge in [0, 0.05) is 0 Å². The maximum Gasteiger partial charge on any atom is 0.262 e. The van der Waals surface area contributed by atoms with Crippen molar-refractivity contribution in [3.63, 3.8) is 0 Å². The topological polar surface area (TPSA) is 66.8 Å². The molecule has 30 heavy (non-hydrogen) atoms. The van der Waals surface area contributed by atoms with Gasteiger partial charge in [0.2, 0.25) is 0 Å². The lowest BCUT2D eigenvalue weighted by Gasteiger charge is -2.31. The molecule has 0 spiro atoms. The number of benzene rings is 3. The molecule has 148 valence electrons. The van der Waals surface area contributed by atoms with Crippen molar-refractivity contribution in [2.75, 3.05) is 0 Å². The predicted molar refractivity (Wildman–Crippen MR) is 112 cm³/mol. The number of carbonyl (C=O) groups excluding carboxylic acids is 2. The van der Waals surface area contributed by atoms with Gasteiger partial charge in [-0.3, -0.25) is 14.5 Å². The number of nitrogens with zero attached hydrogens (tertiary/aromatic N) is 1. The maximum absolute atomic E-state index is 12.8. The molecule has 1 heterocycles. The molecule has 0 saturated heterocycles. The molecule has 0 radical (unpaired) electrons. The molecule has 2 aliphatic rings. The van der Waals surface area contributed by atoms with E-state index in [0.29, 0.717) is 29.0 Å². The molecule has 2 atom stereocenters. The van der Waals surface area contributed by atoms with Crippen molar-refractivity contribution in [1.29, 1.82) is 0 Å². The first-order valence-corrected chi connectivity index (χ1v) is 9.77. The molecule has 0 unspecified atom stereocenters. The number of hydrogen-bond donors (Lipinski definition) is 1. The molecule has 2 amide bonds. The minimum Gasteiger partial charge on any atom is -0.489 e. The molecule has 0 aromatic heterocycles. The molecule has 1 aliphatic heterocycles. The van der Waals surface area contributed by atoms with Gasteiger partial charge in [-0.2, -0.15) is 0 Å². The predicted octanol–water partition coefficient (Wildman–Crippen LogP) is 3.99. The summed E-state index contributed by atoms with van der Waals surface area (Å²) in [6, 6.07) is 21.3. The fourth-order valence-electron chi connectivity index (χ4n) is 3.99. The van der Waals surface area contributed by atoms with Crippen molar-refractivity contribution in [3.05, 3.63) is 107 Å². The summed E-state index contributed by atoms with van der Waals surface area (Å²) in [4.78, 5) is 26.7. The fourth-order valence-corrected chi connectivity index (χ4v) is 3.99. The van der Waals surface area contributed by atoms with Crippen molar-refractivity contribution in [2.24, 2.45) is 0 Å². The van der Waals surface area contributed by atoms with Gasteiger partial charge in [0.25, 0.3) is 11.8 Å². The summed E-state index contributed by atoms with van der Waals surface area (Å²) in [5, 5.41) is 11.0. The summed E-state index contributed by atoms with van der Waals surface area (Å²) < 4.78 is 5.86. The van der Waals surface area contributed by atoms with Gasteiger partial charge in [0.05, 0.1) is 17.2 Å². The molecular formula is C25H19NO4. The number of carbonyl (C=O) groups is 2. The minimum absolute atomic E-state index is 0.374. The minimum atomic E-state index is -1.00. The Labute approximate surface area is 173 Å². The standard InChI is InChI=1S/C25H19NO4/c27-23-19-12-11-18(30-15-16-6-2-1-3-7-16)14-17(19)10-13-22(23)26-24(28)20-8-4-5-9-21(20)25(26)29/h1-14,22-23,27H,15H2/t22-,23+/m0/s1. The average Bonchev–Trinajstić information content (AvgIpc) is 3.04. The number of imide groups is 1. The van der Waals surface area contributed by atoms with Gasteiger partial charge in [0.1, 0.15) is 18.5 Å². The molecule has 0 saturated carbocycles. The van der Waals surface area contributed by atoms with E-state index in [1.807, 2.05) is 42.5 Å². The van der Waals surface area contributed by atoms with Crippen LogP contribution in [0.4, 0.5) is 0 Å². The van der Waals surface area contributed by atoms with E-state index in [4.69, 9.17) is 4.74 Å². The van der Waals surface area contributed by atoms with Crippen LogP contribution in [0, 0.1) is 0 Å². The van der Waals surface area contributed by atoms with E-state index in [2.05, 4.69) is 0 Å². The summed E-state index contributed by atoms with van der Waals surface area (Å²) in [6.45, 7) is 0.448. The van der Waals surface area contributed by atoms with Crippen LogP contribution < -0.4 is 4.74 Å². The fraction of sp³-hybridized carbons (Fsp3) is 0.120. The van der Waals surface area contributed by atoms with E-state index in [9.17, 15) is 14.7 Å². The molecule has 5 heteroatoms. The van der Waals surface area contributed by atoms with Gasteiger partial charge in [-0.25, -0.2) is 0 Å². The first-order valence-electron chi connectivity index (χ1n) is 9.77. The lowest BCUT2D eigenvalue weighted by molar-refractivity contribution is 0.0426. The number of hydrogen-bond acceptors (Lipinski definition) is 4. The van der Waals surface area contributed by atoms with Crippen LogP contribution in [-0.2, 0) is 6.61 Å². The first kappa shape index (κ1) is 18.3. The maximum atomic E-state index is 12.8. The Kier molecular flexibility index (Phi) is 4.45. The molecule has 5 nitrogen and oxygen atoms in total. The quantitative estimate of drug-likeness (QED) is 0.676. The van der Waals surface area contributed by atoms with Crippen molar-refractivity contribution in [1.82, 2.24) is 4.90 Å². The van der Waals surface area contributed by atoms with Crippen LogP contribution in [0.15, 0.2) is 78.9 Å².